The molecule has 0 spiro atoms. The molecule has 6 heteroatoms. The molecule has 0 fully saturated rings. The second-order valence-corrected chi connectivity index (χ2v) is 8.23. The van der Waals surface area contributed by atoms with Crippen LogP contribution < -0.4 is 4.72 Å². The predicted octanol–water partition coefficient (Wildman–Crippen LogP) is 3.58. The van der Waals surface area contributed by atoms with Crippen LogP contribution in [0.2, 0.25) is 0 Å². The van der Waals surface area contributed by atoms with Crippen LogP contribution in [0.4, 0.5) is 0 Å². The van der Waals surface area contributed by atoms with Gasteiger partial charge in [0.15, 0.2) is 0 Å². The highest BCUT2D eigenvalue weighted by atomic mass is 32.2. The van der Waals surface area contributed by atoms with Crippen molar-refractivity contribution in [1.29, 1.82) is 0 Å². The maximum Gasteiger partial charge on any atom is 0.241 e. The van der Waals surface area contributed by atoms with Crippen molar-refractivity contribution in [3.8, 4) is 5.69 Å². The summed E-state index contributed by atoms with van der Waals surface area (Å²) >= 11 is 0. The third-order valence-electron chi connectivity index (χ3n) is 4.40. The number of benzene rings is 2. The quantitative estimate of drug-likeness (QED) is 0.748. The Kier molecular flexibility index (Phi) is 4.98. The number of aryl methyl sites for hydroxylation is 4. The lowest BCUT2D eigenvalue weighted by atomic mass is 10.1. The summed E-state index contributed by atoms with van der Waals surface area (Å²) in [7, 11) is -3.61. The second-order valence-electron chi connectivity index (χ2n) is 6.53. The Labute approximate surface area is 154 Å². The lowest BCUT2D eigenvalue weighted by Crippen LogP contribution is -2.25. The van der Waals surface area contributed by atoms with Crippen molar-refractivity contribution >= 4 is 10.0 Å². The molecule has 26 heavy (non-hydrogen) atoms. The van der Waals surface area contributed by atoms with E-state index in [2.05, 4.69) is 9.71 Å². The molecular weight excluding hydrogens is 346 g/mol. The van der Waals surface area contributed by atoms with Crippen molar-refractivity contribution in [1.82, 2.24) is 14.3 Å². The van der Waals surface area contributed by atoms with Crippen LogP contribution in [-0.2, 0) is 16.6 Å². The Morgan fingerprint density at radius 2 is 1.69 bits per heavy atom. The summed E-state index contributed by atoms with van der Waals surface area (Å²) in [6, 6.07) is 11.5. The minimum atomic E-state index is -3.61. The molecule has 0 radical (unpaired) electrons. The normalized spacial score (nSPS) is 11.7. The highest BCUT2D eigenvalue weighted by Crippen LogP contribution is 2.23. The maximum absolute atomic E-state index is 12.9. The van der Waals surface area contributed by atoms with Gasteiger partial charge in [-0.15, -0.1) is 0 Å². The lowest BCUT2D eigenvalue weighted by molar-refractivity contribution is 0.580. The molecule has 1 aromatic heterocycles. The molecule has 3 rings (SSSR count). The molecule has 0 unspecified atom stereocenters. The summed E-state index contributed by atoms with van der Waals surface area (Å²) < 4.78 is 30.5. The average Bonchev–Trinajstić information content (AvgIpc) is 2.98. The zero-order valence-electron chi connectivity index (χ0n) is 15.4. The van der Waals surface area contributed by atoms with Crippen molar-refractivity contribution in [2.75, 3.05) is 0 Å². The Balaban J connectivity index is 1.92. The van der Waals surface area contributed by atoms with Gasteiger partial charge in [0.25, 0.3) is 0 Å². The number of hydrogen-bond donors (Lipinski definition) is 1. The van der Waals surface area contributed by atoms with Crippen LogP contribution in [0.5, 0.6) is 0 Å². The van der Waals surface area contributed by atoms with Gasteiger partial charge in [0, 0.05) is 18.9 Å². The minimum absolute atomic E-state index is 0.211. The van der Waals surface area contributed by atoms with Gasteiger partial charge in [0.1, 0.15) is 5.82 Å². The average molecular weight is 369 g/mol. The van der Waals surface area contributed by atoms with Crippen LogP contribution in [0, 0.1) is 27.7 Å². The molecule has 0 amide bonds. The van der Waals surface area contributed by atoms with Gasteiger partial charge in [-0.05, 0) is 50.5 Å². The van der Waals surface area contributed by atoms with E-state index in [1.165, 1.54) is 0 Å². The highest BCUT2D eigenvalue weighted by Gasteiger charge is 2.20. The van der Waals surface area contributed by atoms with Crippen molar-refractivity contribution in [3.05, 3.63) is 76.9 Å². The first-order chi connectivity index (χ1) is 12.3. The van der Waals surface area contributed by atoms with Crippen molar-refractivity contribution in [3.63, 3.8) is 0 Å². The molecule has 1 heterocycles. The molecule has 136 valence electrons. The predicted molar refractivity (Wildman–Crippen MR) is 103 cm³/mol. The van der Waals surface area contributed by atoms with Crippen molar-refractivity contribution < 1.29 is 8.42 Å². The Bertz CT molecular complexity index is 1030. The number of sulfonamides is 1. The summed E-state index contributed by atoms with van der Waals surface area (Å²) in [6.07, 6.45) is 3.60. The van der Waals surface area contributed by atoms with Crippen LogP contribution >= 0.6 is 0 Å². The van der Waals surface area contributed by atoms with E-state index < -0.39 is 10.0 Å². The van der Waals surface area contributed by atoms with E-state index in [1.54, 1.807) is 6.20 Å². The highest BCUT2D eigenvalue weighted by molar-refractivity contribution is 7.89. The number of aromatic nitrogens is 2. The summed E-state index contributed by atoms with van der Waals surface area (Å²) in [4.78, 5) is 4.61. The zero-order valence-corrected chi connectivity index (χ0v) is 16.3. The third kappa shape index (κ3) is 3.57. The van der Waals surface area contributed by atoms with Gasteiger partial charge in [-0.25, -0.2) is 18.1 Å². The summed E-state index contributed by atoms with van der Waals surface area (Å²) in [6.45, 7) is 7.76. The van der Waals surface area contributed by atoms with Gasteiger partial charge in [-0.1, -0.05) is 35.9 Å². The van der Waals surface area contributed by atoms with Gasteiger partial charge >= 0.3 is 0 Å². The van der Waals surface area contributed by atoms with E-state index in [0.29, 0.717) is 4.90 Å². The first-order valence-electron chi connectivity index (χ1n) is 8.45. The molecule has 0 saturated heterocycles. The fraction of sp³-hybridized carbons (Fsp3) is 0.250. The van der Waals surface area contributed by atoms with E-state index in [0.717, 1.165) is 33.8 Å². The molecule has 2 aromatic carbocycles. The van der Waals surface area contributed by atoms with E-state index >= 15 is 0 Å². The largest absolute Gasteiger partial charge is 0.304 e. The van der Waals surface area contributed by atoms with E-state index in [1.807, 2.05) is 74.9 Å². The smallest absolute Gasteiger partial charge is 0.241 e. The molecule has 1 N–H and O–H groups in total. The summed E-state index contributed by atoms with van der Waals surface area (Å²) in [5, 5.41) is 0. The summed E-state index contributed by atoms with van der Waals surface area (Å²) in [5.41, 5.74) is 4.38. The summed E-state index contributed by atoms with van der Waals surface area (Å²) in [5.74, 6) is 0.852. The molecule has 0 aliphatic carbocycles. The number of para-hydroxylation sites is 1. The number of nitrogens with one attached hydrogen (secondary N) is 1. The van der Waals surface area contributed by atoms with Gasteiger partial charge in [-0.2, -0.15) is 0 Å². The minimum Gasteiger partial charge on any atom is -0.304 e. The fourth-order valence-corrected chi connectivity index (χ4v) is 4.82. The molecule has 0 atom stereocenters. The number of hydrogen-bond acceptors (Lipinski definition) is 3. The number of rotatable bonds is 5. The Morgan fingerprint density at radius 1 is 1.04 bits per heavy atom. The zero-order chi connectivity index (χ0) is 18.9. The number of imidazole rings is 1. The molecule has 0 aliphatic heterocycles. The van der Waals surface area contributed by atoms with Gasteiger partial charge in [0.2, 0.25) is 10.0 Å². The monoisotopic (exact) mass is 369 g/mol. The van der Waals surface area contributed by atoms with E-state index in [4.69, 9.17) is 0 Å². The van der Waals surface area contributed by atoms with Gasteiger partial charge < -0.3 is 4.57 Å². The van der Waals surface area contributed by atoms with Gasteiger partial charge in [-0.3, -0.25) is 0 Å². The maximum atomic E-state index is 12.9. The fourth-order valence-electron chi connectivity index (χ4n) is 3.36. The number of nitrogens with zero attached hydrogens (tertiary/aromatic N) is 2. The molecule has 5 nitrogen and oxygen atoms in total. The molecular formula is C20H23N3O2S. The first kappa shape index (κ1) is 18.4. The van der Waals surface area contributed by atoms with Crippen LogP contribution in [0.15, 0.2) is 53.7 Å². The van der Waals surface area contributed by atoms with Crippen LogP contribution in [0.3, 0.4) is 0 Å². The van der Waals surface area contributed by atoms with Gasteiger partial charge in [0.05, 0.1) is 10.6 Å². The first-order valence-corrected chi connectivity index (χ1v) is 9.93. The topological polar surface area (TPSA) is 64.0 Å². The SMILES string of the molecule is Cc1cc(C)c(S(=O)(=O)NCc2ccccc2-n2ccnc2C)c(C)c1. The lowest BCUT2D eigenvalue weighted by Gasteiger charge is -2.15. The Morgan fingerprint density at radius 3 is 2.31 bits per heavy atom. The van der Waals surface area contributed by atoms with E-state index in [9.17, 15) is 8.42 Å². The molecule has 0 saturated carbocycles. The second kappa shape index (κ2) is 7.05. The standard InChI is InChI=1S/C20H23N3O2S/c1-14-11-15(2)20(16(3)12-14)26(24,25)22-13-18-7-5-6-8-19(18)23-10-9-21-17(23)4/h5-12,22H,13H2,1-4H3. The van der Waals surface area contributed by atoms with Crippen LogP contribution in [0.1, 0.15) is 28.1 Å². The molecule has 0 aliphatic rings. The molecule has 3 aromatic rings. The van der Waals surface area contributed by atoms with Crippen molar-refractivity contribution in [2.24, 2.45) is 0 Å². The third-order valence-corrected chi connectivity index (χ3v) is 6.11. The molecule has 0 bridgehead atoms. The van der Waals surface area contributed by atoms with Crippen LogP contribution in [-0.4, -0.2) is 18.0 Å². The van der Waals surface area contributed by atoms with E-state index in [-0.39, 0.29) is 6.54 Å². The Hall–Kier alpha value is -2.44. The van der Waals surface area contributed by atoms with Crippen molar-refractivity contribution in [2.45, 2.75) is 39.1 Å². The van der Waals surface area contributed by atoms with Crippen LogP contribution in [0.25, 0.3) is 5.69 Å².